The summed E-state index contributed by atoms with van der Waals surface area (Å²) in [6, 6.07) is 8.50. The van der Waals surface area contributed by atoms with Gasteiger partial charge in [-0.25, -0.2) is 0 Å². The van der Waals surface area contributed by atoms with Gasteiger partial charge in [0.1, 0.15) is 0 Å². The van der Waals surface area contributed by atoms with Gasteiger partial charge in [-0.2, -0.15) is 4.39 Å². The van der Waals surface area contributed by atoms with Gasteiger partial charge in [-0.05, 0) is 35.9 Å². The predicted molar refractivity (Wildman–Crippen MR) is 83.8 cm³/mol. The molecule has 0 aromatic heterocycles. The molecule has 2 aromatic carbocycles. The van der Waals surface area contributed by atoms with E-state index in [-0.39, 0.29) is 11.4 Å². The number of rotatable bonds is 5. The van der Waals surface area contributed by atoms with Crippen molar-refractivity contribution in [1.82, 2.24) is 0 Å². The maximum Gasteiger partial charge on any atom is 0.306 e. The van der Waals surface area contributed by atoms with Gasteiger partial charge in [0.2, 0.25) is 11.7 Å². The molecule has 0 aliphatic rings. The third-order valence-corrected chi connectivity index (χ3v) is 2.94. The maximum atomic E-state index is 13.2. The number of nitro groups is 2. The molecule has 122 valence electrons. The van der Waals surface area contributed by atoms with Crippen LogP contribution in [0.4, 0.5) is 21.5 Å². The zero-order valence-electron chi connectivity index (χ0n) is 12.0. The Morgan fingerprint density at radius 3 is 2.29 bits per heavy atom. The normalized spacial score (nSPS) is 10.5. The van der Waals surface area contributed by atoms with Crippen molar-refractivity contribution in [2.24, 2.45) is 0 Å². The van der Waals surface area contributed by atoms with Gasteiger partial charge in [0.05, 0.1) is 9.85 Å². The molecule has 0 heterocycles. The molecule has 24 heavy (non-hydrogen) atoms. The van der Waals surface area contributed by atoms with Gasteiger partial charge in [-0.3, -0.25) is 25.0 Å². The number of halogens is 1. The number of non-ortho nitro benzene ring substituents is 1. The van der Waals surface area contributed by atoms with E-state index in [1.165, 1.54) is 36.4 Å². The number of amides is 1. The first-order valence-electron chi connectivity index (χ1n) is 6.54. The molecule has 2 rings (SSSR count). The van der Waals surface area contributed by atoms with Crippen LogP contribution in [0.1, 0.15) is 5.56 Å². The van der Waals surface area contributed by atoms with Crippen molar-refractivity contribution in [3.63, 3.8) is 0 Å². The lowest BCUT2D eigenvalue weighted by atomic mass is 10.2. The SMILES string of the molecule is O=C(/C=C/c1ccc([N+](=O)[O-])cc1)Nc1ccc(F)c([N+](=O)[O-])c1. The summed E-state index contributed by atoms with van der Waals surface area (Å²) in [6.07, 6.45) is 2.56. The number of carbonyl (C=O) groups is 1. The first-order valence-corrected chi connectivity index (χ1v) is 6.54. The number of anilines is 1. The minimum Gasteiger partial charge on any atom is -0.322 e. The van der Waals surface area contributed by atoms with Crippen molar-refractivity contribution in [1.29, 1.82) is 0 Å². The summed E-state index contributed by atoms with van der Waals surface area (Å²) in [6.45, 7) is 0. The van der Waals surface area contributed by atoms with Gasteiger partial charge in [-0.15, -0.1) is 0 Å². The Labute approximate surface area is 134 Å². The average molecular weight is 331 g/mol. The molecule has 0 radical (unpaired) electrons. The number of benzene rings is 2. The van der Waals surface area contributed by atoms with E-state index in [0.29, 0.717) is 5.56 Å². The third kappa shape index (κ3) is 4.19. The Bertz CT molecular complexity index is 834. The van der Waals surface area contributed by atoms with E-state index < -0.39 is 27.3 Å². The summed E-state index contributed by atoms with van der Waals surface area (Å²) in [5.74, 6) is -1.59. The van der Waals surface area contributed by atoms with Crippen molar-refractivity contribution >= 4 is 29.0 Å². The number of carbonyl (C=O) groups excluding carboxylic acids is 1. The number of hydrogen-bond donors (Lipinski definition) is 1. The maximum absolute atomic E-state index is 13.2. The zero-order chi connectivity index (χ0) is 17.7. The van der Waals surface area contributed by atoms with Crippen LogP contribution in [0.3, 0.4) is 0 Å². The number of hydrogen-bond acceptors (Lipinski definition) is 5. The molecule has 1 N–H and O–H groups in total. The second-order valence-electron chi connectivity index (χ2n) is 4.59. The topological polar surface area (TPSA) is 115 Å². The lowest BCUT2D eigenvalue weighted by molar-refractivity contribution is -0.387. The smallest absolute Gasteiger partial charge is 0.306 e. The minimum atomic E-state index is -1.00. The molecule has 0 unspecified atom stereocenters. The Kier molecular flexibility index (Phi) is 4.95. The first kappa shape index (κ1) is 16.7. The fourth-order valence-electron chi connectivity index (χ4n) is 1.79. The molecule has 0 saturated carbocycles. The summed E-state index contributed by atoms with van der Waals surface area (Å²) in [5, 5.41) is 23.5. The molecule has 0 atom stereocenters. The van der Waals surface area contributed by atoms with E-state index >= 15 is 0 Å². The summed E-state index contributed by atoms with van der Waals surface area (Å²) < 4.78 is 13.2. The van der Waals surface area contributed by atoms with Crippen molar-refractivity contribution in [2.45, 2.75) is 0 Å². The van der Waals surface area contributed by atoms with Crippen LogP contribution in [0.5, 0.6) is 0 Å². The predicted octanol–water partition coefficient (Wildman–Crippen LogP) is 3.29. The Morgan fingerprint density at radius 1 is 1.04 bits per heavy atom. The first-order chi connectivity index (χ1) is 11.4. The molecule has 0 aliphatic heterocycles. The minimum absolute atomic E-state index is 0.0708. The zero-order valence-corrected chi connectivity index (χ0v) is 12.0. The summed E-state index contributed by atoms with van der Waals surface area (Å²) in [5.41, 5.74) is -0.190. The molecule has 1 amide bonds. The highest BCUT2D eigenvalue weighted by Gasteiger charge is 2.14. The van der Waals surface area contributed by atoms with Crippen LogP contribution in [0, 0.1) is 26.0 Å². The van der Waals surface area contributed by atoms with Crippen molar-refractivity contribution in [2.75, 3.05) is 5.32 Å². The van der Waals surface area contributed by atoms with Gasteiger partial charge >= 0.3 is 5.69 Å². The van der Waals surface area contributed by atoms with Gasteiger partial charge in [0, 0.05) is 30.0 Å². The van der Waals surface area contributed by atoms with E-state index in [2.05, 4.69) is 5.32 Å². The van der Waals surface area contributed by atoms with E-state index in [9.17, 15) is 29.4 Å². The molecule has 0 bridgehead atoms. The monoisotopic (exact) mass is 331 g/mol. The lowest BCUT2D eigenvalue weighted by Gasteiger charge is -2.02. The Balaban J connectivity index is 2.06. The van der Waals surface area contributed by atoms with Crippen molar-refractivity contribution in [3.05, 3.63) is 80.1 Å². The van der Waals surface area contributed by atoms with E-state index in [1.54, 1.807) is 0 Å². The molecule has 9 heteroatoms. The van der Waals surface area contributed by atoms with Gasteiger partial charge < -0.3 is 5.32 Å². The van der Waals surface area contributed by atoms with Gasteiger partial charge in [-0.1, -0.05) is 0 Å². The summed E-state index contributed by atoms with van der Waals surface area (Å²) >= 11 is 0. The van der Waals surface area contributed by atoms with Gasteiger partial charge in [0.15, 0.2) is 0 Å². The van der Waals surface area contributed by atoms with E-state index in [1.807, 2.05) is 0 Å². The highest BCUT2D eigenvalue weighted by Crippen LogP contribution is 2.21. The summed E-state index contributed by atoms with van der Waals surface area (Å²) in [4.78, 5) is 31.5. The number of nitro benzene ring substituents is 2. The molecular formula is C15H10FN3O5. The average Bonchev–Trinajstić information content (AvgIpc) is 2.55. The van der Waals surface area contributed by atoms with Crippen LogP contribution in [-0.2, 0) is 4.79 Å². The van der Waals surface area contributed by atoms with Crippen LogP contribution in [0.25, 0.3) is 6.08 Å². The van der Waals surface area contributed by atoms with Crippen molar-refractivity contribution in [3.8, 4) is 0 Å². The second-order valence-corrected chi connectivity index (χ2v) is 4.59. The van der Waals surface area contributed by atoms with Crippen LogP contribution in [-0.4, -0.2) is 15.8 Å². The molecular weight excluding hydrogens is 321 g/mol. The molecule has 2 aromatic rings. The fourth-order valence-corrected chi connectivity index (χ4v) is 1.79. The highest BCUT2D eigenvalue weighted by molar-refractivity contribution is 6.02. The van der Waals surface area contributed by atoms with Crippen LogP contribution >= 0.6 is 0 Å². The fraction of sp³-hybridized carbons (Fsp3) is 0. The largest absolute Gasteiger partial charge is 0.322 e. The van der Waals surface area contributed by atoms with Crippen LogP contribution in [0.2, 0.25) is 0 Å². The lowest BCUT2D eigenvalue weighted by Crippen LogP contribution is -2.08. The van der Waals surface area contributed by atoms with E-state index in [4.69, 9.17) is 0 Å². The van der Waals surface area contributed by atoms with Crippen LogP contribution in [0.15, 0.2) is 48.5 Å². The second kappa shape index (κ2) is 7.09. The molecule has 0 fully saturated rings. The quantitative estimate of drug-likeness (QED) is 0.513. The third-order valence-electron chi connectivity index (χ3n) is 2.94. The Hall–Kier alpha value is -3.62. The van der Waals surface area contributed by atoms with Crippen LogP contribution < -0.4 is 5.32 Å². The molecule has 0 spiro atoms. The Morgan fingerprint density at radius 2 is 1.71 bits per heavy atom. The summed E-state index contributed by atoms with van der Waals surface area (Å²) in [7, 11) is 0. The molecule has 0 aliphatic carbocycles. The van der Waals surface area contributed by atoms with Gasteiger partial charge in [0.25, 0.3) is 5.69 Å². The molecule has 0 saturated heterocycles. The molecule has 8 nitrogen and oxygen atoms in total. The standard InChI is InChI=1S/C15H10FN3O5/c16-13-7-4-11(9-14(13)19(23)24)17-15(20)8-3-10-1-5-12(6-2-10)18(21)22/h1-9H,(H,17,20)/b8-3+. The van der Waals surface area contributed by atoms with E-state index in [0.717, 1.165) is 18.2 Å². The number of nitrogens with zero attached hydrogens (tertiary/aromatic N) is 2. The highest BCUT2D eigenvalue weighted by atomic mass is 19.1. The van der Waals surface area contributed by atoms with Crippen molar-refractivity contribution < 1.29 is 19.0 Å². The number of nitrogens with one attached hydrogen (secondary N) is 1.